The van der Waals surface area contributed by atoms with Crippen molar-refractivity contribution < 1.29 is 52.7 Å². The molecule has 0 atom stereocenters. The third-order valence-electron chi connectivity index (χ3n) is 4.86. The third-order valence-corrected chi connectivity index (χ3v) is 4.86. The molecule has 0 N–H and O–H groups in total. The predicted octanol–water partition coefficient (Wildman–Crippen LogP) is 7.84. The monoisotopic (exact) mass is 544 g/mol. The molecule has 1 aliphatic rings. The highest BCUT2D eigenvalue weighted by atomic mass is 19.4. The van der Waals surface area contributed by atoms with Gasteiger partial charge in [-0.2, -0.15) is 52.7 Å². The highest BCUT2D eigenvalue weighted by Gasteiger charge is 2.43. The van der Waals surface area contributed by atoms with Gasteiger partial charge in [-0.1, -0.05) is 12.1 Å². The van der Waals surface area contributed by atoms with E-state index in [2.05, 4.69) is 16.6 Å². The number of pyridine rings is 2. The number of fused-ring (bicyclic) bond motifs is 1. The maximum absolute atomic E-state index is 13.3. The standard InChI is InChI=1S/C21H8F12N4/c22-18(23,24)14-5-10(6-15(34-14)19(25,26)27)36-9-37(13-4-2-1-3-12(13)36)11-7-16(20(28,29)30)35-17(8-11)21(31,32)33/h1-8H. The minimum atomic E-state index is -5.32. The zero-order chi connectivity index (χ0) is 27.6. The van der Waals surface area contributed by atoms with Gasteiger partial charge in [0.25, 0.3) is 0 Å². The Bertz CT molecular complexity index is 1160. The quantitative estimate of drug-likeness (QED) is 0.308. The second kappa shape index (κ2) is 8.41. The van der Waals surface area contributed by atoms with Crippen molar-refractivity contribution in [1.82, 2.24) is 9.97 Å². The van der Waals surface area contributed by atoms with Crippen LogP contribution in [0.2, 0.25) is 0 Å². The van der Waals surface area contributed by atoms with Gasteiger partial charge in [-0.05, 0) is 36.4 Å². The average Bonchev–Trinajstić information content (AvgIpc) is 3.16. The molecule has 3 heterocycles. The first-order valence-corrected chi connectivity index (χ1v) is 9.64. The molecule has 1 aliphatic heterocycles. The van der Waals surface area contributed by atoms with Crippen molar-refractivity contribution in [1.29, 1.82) is 0 Å². The number of rotatable bonds is 2. The Hall–Kier alpha value is -3.72. The van der Waals surface area contributed by atoms with Crippen molar-refractivity contribution >= 4 is 22.7 Å². The van der Waals surface area contributed by atoms with Crippen molar-refractivity contribution in [3.05, 3.63) is 78.0 Å². The molecule has 196 valence electrons. The number of hydrogen-bond acceptors (Lipinski definition) is 4. The molecule has 0 bridgehead atoms. The number of para-hydroxylation sites is 2. The summed E-state index contributed by atoms with van der Waals surface area (Å²) in [6, 6.07) is 5.85. The van der Waals surface area contributed by atoms with Gasteiger partial charge in [-0.25, -0.2) is 9.97 Å². The lowest BCUT2D eigenvalue weighted by molar-refractivity contribution is -0.151. The van der Waals surface area contributed by atoms with E-state index in [-0.39, 0.29) is 35.6 Å². The van der Waals surface area contributed by atoms with Gasteiger partial charge in [0.15, 0.2) is 0 Å². The number of nitrogens with zero attached hydrogens (tertiary/aromatic N) is 4. The molecule has 0 saturated heterocycles. The van der Waals surface area contributed by atoms with Crippen LogP contribution in [0.5, 0.6) is 0 Å². The Morgan fingerprint density at radius 3 is 1.00 bits per heavy atom. The number of alkyl halides is 12. The minimum absolute atomic E-state index is 0.186. The molecular formula is C21H8F12N4. The Morgan fingerprint density at radius 2 is 0.757 bits per heavy atom. The topological polar surface area (TPSA) is 32.3 Å². The summed E-state index contributed by atoms with van der Waals surface area (Å²) in [6.07, 6.45) is -21.3. The van der Waals surface area contributed by atoms with E-state index in [1.807, 2.05) is 0 Å². The fourth-order valence-electron chi connectivity index (χ4n) is 3.32. The zero-order valence-corrected chi connectivity index (χ0v) is 17.4. The molecule has 0 saturated carbocycles. The van der Waals surface area contributed by atoms with Gasteiger partial charge in [0.2, 0.25) is 6.67 Å². The smallest absolute Gasteiger partial charge is 0.308 e. The van der Waals surface area contributed by atoms with Crippen LogP contribution < -0.4 is 9.80 Å². The van der Waals surface area contributed by atoms with Crippen LogP contribution in [0.3, 0.4) is 0 Å². The summed E-state index contributed by atoms with van der Waals surface area (Å²) in [5.41, 5.74) is -9.70. The molecule has 2 radical (unpaired) electrons. The van der Waals surface area contributed by atoms with E-state index >= 15 is 0 Å². The summed E-state index contributed by atoms with van der Waals surface area (Å²) in [5.74, 6) is 0. The van der Waals surface area contributed by atoms with Gasteiger partial charge in [-0.15, -0.1) is 0 Å². The van der Waals surface area contributed by atoms with Crippen LogP contribution in [0.1, 0.15) is 22.8 Å². The predicted molar refractivity (Wildman–Crippen MR) is 102 cm³/mol. The van der Waals surface area contributed by atoms with Crippen LogP contribution in [0.4, 0.5) is 75.4 Å². The molecule has 0 fully saturated rings. The first kappa shape index (κ1) is 26.3. The number of hydrogen-bond donors (Lipinski definition) is 0. The Labute approximate surface area is 198 Å². The van der Waals surface area contributed by atoms with E-state index in [1.165, 1.54) is 24.3 Å². The highest BCUT2D eigenvalue weighted by Crippen LogP contribution is 2.49. The van der Waals surface area contributed by atoms with Crippen LogP contribution in [-0.4, -0.2) is 9.97 Å². The Balaban J connectivity index is 1.89. The molecule has 16 heteroatoms. The molecule has 4 nitrogen and oxygen atoms in total. The van der Waals surface area contributed by atoms with Crippen LogP contribution in [-0.2, 0) is 24.7 Å². The maximum Gasteiger partial charge on any atom is 0.433 e. The fraction of sp³-hybridized carbons (Fsp3) is 0.190. The largest absolute Gasteiger partial charge is 0.433 e. The summed E-state index contributed by atoms with van der Waals surface area (Å²) in [5, 5.41) is 0. The number of halogens is 12. The minimum Gasteiger partial charge on any atom is -0.308 e. The summed E-state index contributed by atoms with van der Waals surface area (Å²) in [7, 11) is 0. The van der Waals surface area contributed by atoms with Gasteiger partial charge >= 0.3 is 24.7 Å². The van der Waals surface area contributed by atoms with Crippen LogP contribution in [0.15, 0.2) is 48.5 Å². The lowest BCUT2D eigenvalue weighted by Crippen LogP contribution is -2.22. The summed E-state index contributed by atoms with van der Waals surface area (Å²) in [6.45, 7) is 2.25. The first-order chi connectivity index (χ1) is 16.9. The van der Waals surface area contributed by atoms with Gasteiger partial charge in [0, 0.05) is 11.4 Å². The van der Waals surface area contributed by atoms with Crippen molar-refractivity contribution in [2.45, 2.75) is 24.7 Å². The van der Waals surface area contributed by atoms with Crippen molar-refractivity contribution in [2.24, 2.45) is 0 Å². The van der Waals surface area contributed by atoms with E-state index in [4.69, 9.17) is 0 Å². The SMILES string of the molecule is FC(F)(F)c1cc(N2[C]N(c3cc(C(F)(F)F)nc(C(F)(F)F)c3)c3ccccc32)cc(C(F)(F)F)n1. The molecular weight excluding hydrogens is 536 g/mol. The Morgan fingerprint density at radius 1 is 0.486 bits per heavy atom. The molecule has 3 aromatic rings. The van der Waals surface area contributed by atoms with E-state index in [0.717, 1.165) is 0 Å². The van der Waals surface area contributed by atoms with Crippen LogP contribution >= 0.6 is 0 Å². The highest BCUT2D eigenvalue weighted by molar-refractivity contribution is 5.89. The summed E-state index contributed by atoms with van der Waals surface area (Å²) < 4.78 is 159. The lowest BCUT2D eigenvalue weighted by atomic mass is 10.2. The molecule has 1 aromatic carbocycles. The normalized spacial score (nSPS) is 14.8. The molecule has 4 rings (SSSR count). The van der Waals surface area contributed by atoms with Gasteiger partial charge in [0.1, 0.15) is 22.8 Å². The summed E-state index contributed by atoms with van der Waals surface area (Å²) in [4.78, 5) is 6.42. The molecule has 37 heavy (non-hydrogen) atoms. The van der Waals surface area contributed by atoms with E-state index < -0.39 is 58.9 Å². The summed E-state index contributed by atoms with van der Waals surface area (Å²) >= 11 is 0. The fourth-order valence-corrected chi connectivity index (χ4v) is 3.32. The van der Waals surface area contributed by atoms with Gasteiger partial charge in [0.05, 0.1) is 11.4 Å². The lowest BCUT2D eigenvalue weighted by Gasteiger charge is -2.22. The molecule has 0 unspecified atom stereocenters. The average molecular weight is 544 g/mol. The van der Waals surface area contributed by atoms with E-state index in [1.54, 1.807) is 0 Å². The van der Waals surface area contributed by atoms with E-state index in [0.29, 0.717) is 9.80 Å². The Kier molecular flexibility index (Phi) is 5.99. The second-order valence-electron chi connectivity index (χ2n) is 7.44. The van der Waals surface area contributed by atoms with Crippen molar-refractivity contribution in [2.75, 3.05) is 9.80 Å². The first-order valence-electron chi connectivity index (χ1n) is 9.64. The zero-order valence-electron chi connectivity index (χ0n) is 17.4. The molecule has 0 amide bonds. The number of benzene rings is 1. The number of anilines is 4. The molecule has 0 spiro atoms. The molecule has 2 aromatic heterocycles. The second-order valence-corrected chi connectivity index (χ2v) is 7.44. The van der Waals surface area contributed by atoms with E-state index in [9.17, 15) is 52.7 Å². The number of aromatic nitrogens is 2. The molecule has 0 aliphatic carbocycles. The van der Waals surface area contributed by atoms with Crippen molar-refractivity contribution in [3.63, 3.8) is 0 Å². The van der Waals surface area contributed by atoms with Crippen molar-refractivity contribution in [3.8, 4) is 0 Å². The third kappa shape index (κ3) is 5.22. The van der Waals surface area contributed by atoms with Crippen LogP contribution in [0, 0.1) is 6.67 Å². The van der Waals surface area contributed by atoms with Gasteiger partial charge in [-0.3, -0.25) is 0 Å². The maximum atomic E-state index is 13.3. The van der Waals surface area contributed by atoms with Crippen LogP contribution in [0.25, 0.3) is 0 Å². The van der Waals surface area contributed by atoms with Gasteiger partial charge < -0.3 is 9.80 Å².